The lowest BCUT2D eigenvalue weighted by Crippen LogP contribution is -2.44. The Labute approximate surface area is 114 Å². The Bertz CT molecular complexity index is 732. The van der Waals surface area contributed by atoms with E-state index in [1.54, 1.807) is 24.3 Å². The largest absolute Gasteiger partial charge is 0.338 e. The number of carbonyl (C=O) groups excluding carboxylic acids is 1. The second-order valence-corrected chi connectivity index (χ2v) is 4.30. The first-order valence-electron chi connectivity index (χ1n) is 6.37. The number of nitrogens with zero attached hydrogens (tertiary/aromatic N) is 1. The van der Waals surface area contributed by atoms with Crippen molar-refractivity contribution in [2.45, 2.75) is 20.0 Å². The molecule has 0 bridgehead atoms. The first-order valence-corrected chi connectivity index (χ1v) is 6.37. The summed E-state index contributed by atoms with van der Waals surface area (Å²) in [6.07, 6.45) is 0.809. The molecule has 3 N–H and O–H groups in total. The summed E-state index contributed by atoms with van der Waals surface area (Å²) >= 11 is 0. The fraction of sp³-hybridized carbons (Fsp3) is 0.308. The third-order valence-corrected chi connectivity index (χ3v) is 2.82. The maximum Gasteiger partial charge on any atom is 0.330 e. The minimum absolute atomic E-state index is 0.172. The second kappa shape index (κ2) is 6.05. The number of hydrogen-bond donors (Lipinski definition) is 3. The highest BCUT2D eigenvalue weighted by Crippen LogP contribution is 2.02. The number of nitrogens with one attached hydrogen (secondary N) is 3. The van der Waals surface area contributed by atoms with E-state index in [-0.39, 0.29) is 6.67 Å². The molecule has 0 aliphatic carbocycles. The number of benzene rings is 1. The zero-order valence-corrected chi connectivity index (χ0v) is 11.1. The quantitative estimate of drug-likeness (QED) is 0.752. The number of para-hydroxylation sites is 1. The van der Waals surface area contributed by atoms with E-state index in [9.17, 15) is 14.4 Å². The number of hydrogen-bond acceptors (Lipinski definition) is 3. The number of urea groups is 1. The van der Waals surface area contributed by atoms with Crippen LogP contribution >= 0.6 is 0 Å². The molecule has 2 aromatic rings. The average molecular weight is 276 g/mol. The molecule has 0 atom stereocenters. The van der Waals surface area contributed by atoms with Crippen LogP contribution in [0.1, 0.15) is 13.3 Å². The lowest BCUT2D eigenvalue weighted by molar-refractivity contribution is 0.238. The van der Waals surface area contributed by atoms with Crippen molar-refractivity contribution in [2.75, 3.05) is 6.54 Å². The molecule has 0 unspecified atom stereocenters. The van der Waals surface area contributed by atoms with Gasteiger partial charge in [-0.2, -0.15) is 0 Å². The zero-order valence-electron chi connectivity index (χ0n) is 11.1. The molecular formula is C13H16N4O3. The first-order chi connectivity index (χ1) is 9.63. The Morgan fingerprint density at radius 1 is 1.25 bits per heavy atom. The first kappa shape index (κ1) is 13.9. The molecule has 1 heterocycles. The highest BCUT2D eigenvalue weighted by molar-refractivity contribution is 5.77. The van der Waals surface area contributed by atoms with Crippen LogP contribution in [0.3, 0.4) is 0 Å². The summed E-state index contributed by atoms with van der Waals surface area (Å²) in [7, 11) is 0. The number of fused-ring (bicyclic) bond motifs is 1. The summed E-state index contributed by atoms with van der Waals surface area (Å²) in [4.78, 5) is 38.0. The maximum atomic E-state index is 12.1. The van der Waals surface area contributed by atoms with Crippen LogP contribution in [0.2, 0.25) is 0 Å². The molecule has 2 amide bonds. The van der Waals surface area contributed by atoms with Gasteiger partial charge < -0.3 is 15.6 Å². The van der Waals surface area contributed by atoms with E-state index in [0.717, 1.165) is 11.0 Å². The Kier molecular flexibility index (Phi) is 4.19. The molecule has 106 valence electrons. The molecule has 20 heavy (non-hydrogen) atoms. The molecule has 0 saturated heterocycles. The van der Waals surface area contributed by atoms with Gasteiger partial charge >= 0.3 is 11.7 Å². The Morgan fingerprint density at radius 2 is 2.00 bits per heavy atom. The number of aromatic nitrogens is 2. The molecular weight excluding hydrogens is 260 g/mol. The van der Waals surface area contributed by atoms with Gasteiger partial charge in [0.15, 0.2) is 0 Å². The second-order valence-electron chi connectivity index (χ2n) is 4.30. The van der Waals surface area contributed by atoms with Crippen molar-refractivity contribution in [3.63, 3.8) is 0 Å². The number of aromatic amines is 1. The highest BCUT2D eigenvalue weighted by atomic mass is 16.2. The van der Waals surface area contributed by atoms with E-state index in [2.05, 4.69) is 15.6 Å². The standard InChI is InChI=1S/C13H16N4O3/c1-2-7-14-12(19)15-8-17-11(18)9-5-3-4-6-10(9)16-13(17)20/h3-6H,2,7-8H2,1H3,(H,16,20)(H2,14,15,19). The van der Waals surface area contributed by atoms with Crippen molar-refractivity contribution in [3.8, 4) is 0 Å². The van der Waals surface area contributed by atoms with Crippen LogP contribution in [0, 0.1) is 0 Å². The van der Waals surface area contributed by atoms with E-state index in [4.69, 9.17) is 0 Å². The van der Waals surface area contributed by atoms with Gasteiger partial charge in [-0.3, -0.25) is 4.79 Å². The predicted molar refractivity (Wildman–Crippen MR) is 75.7 cm³/mol. The van der Waals surface area contributed by atoms with Crippen molar-refractivity contribution in [1.29, 1.82) is 0 Å². The summed E-state index contributed by atoms with van der Waals surface area (Å²) in [5, 5.41) is 5.48. The van der Waals surface area contributed by atoms with Gasteiger partial charge in [-0.15, -0.1) is 0 Å². The van der Waals surface area contributed by atoms with E-state index in [1.807, 2.05) is 6.92 Å². The summed E-state index contributed by atoms with van der Waals surface area (Å²) in [6, 6.07) is 6.32. The van der Waals surface area contributed by atoms with Crippen LogP contribution < -0.4 is 21.9 Å². The molecule has 0 fully saturated rings. The SMILES string of the molecule is CCCNC(=O)NCn1c(=O)[nH]c2ccccc2c1=O. The number of rotatable bonds is 4. The summed E-state index contributed by atoms with van der Waals surface area (Å²) in [6.45, 7) is 2.29. The Balaban J connectivity index is 2.24. The predicted octanol–water partition coefficient (Wildman–Crippen LogP) is 0.356. The molecule has 0 aliphatic rings. The van der Waals surface area contributed by atoms with Gasteiger partial charge in [0.2, 0.25) is 0 Å². The van der Waals surface area contributed by atoms with Gasteiger partial charge in [0.1, 0.15) is 6.67 Å². The fourth-order valence-electron chi connectivity index (χ4n) is 1.79. The molecule has 7 heteroatoms. The van der Waals surface area contributed by atoms with Gasteiger partial charge in [-0.1, -0.05) is 19.1 Å². The van der Waals surface area contributed by atoms with E-state index in [1.165, 1.54) is 0 Å². The smallest absolute Gasteiger partial charge is 0.330 e. The fourth-order valence-corrected chi connectivity index (χ4v) is 1.79. The van der Waals surface area contributed by atoms with Crippen molar-refractivity contribution in [1.82, 2.24) is 20.2 Å². The minimum Gasteiger partial charge on any atom is -0.338 e. The van der Waals surface area contributed by atoms with Crippen molar-refractivity contribution < 1.29 is 4.79 Å². The lowest BCUT2D eigenvalue weighted by Gasteiger charge is -2.09. The van der Waals surface area contributed by atoms with E-state index >= 15 is 0 Å². The Hall–Kier alpha value is -2.57. The molecule has 0 saturated carbocycles. The van der Waals surface area contributed by atoms with Gasteiger partial charge in [0.25, 0.3) is 5.56 Å². The molecule has 1 aromatic carbocycles. The third-order valence-electron chi connectivity index (χ3n) is 2.82. The molecule has 0 radical (unpaired) electrons. The summed E-state index contributed by atoms with van der Waals surface area (Å²) in [5.41, 5.74) is -0.501. The van der Waals surface area contributed by atoms with Crippen LogP contribution in [-0.2, 0) is 6.67 Å². The van der Waals surface area contributed by atoms with Gasteiger partial charge in [0, 0.05) is 6.54 Å². The van der Waals surface area contributed by atoms with Gasteiger partial charge in [-0.05, 0) is 18.6 Å². The summed E-state index contributed by atoms with van der Waals surface area (Å²) in [5.74, 6) is 0. The summed E-state index contributed by atoms with van der Waals surface area (Å²) < 4.78 is 0.952. The topological polar surface area (TPSA) is 96.0 Å². The van der Waals surface area contributed by atoms with Crippen LogP contribution in [0.5, 0.6) is 0 Å². The third kappa shape index (κ3) is 2.87. The van der Waals surface area contributed by atoms with Crippen LogP contribution in [-0.4, -0.2) is 22.1 Å². The van der Waals surface area contributed by atoms with Crippen LogP contribution in [0.4, 0.5) is 4.79 Å². The molecule has 1 aromatic heterocycles. The monoisotopic (exact) mass is 276 g/mol. The Morgan fingerprint density at radius 3 is 2.75 bits per heavy atom. The van der Waals surface area contributed by atoms with Gasteiger partial charge in [0.05, 0.1) is 10.9 Å². The van der Waals surface area contributed by atoms with Crippen LogP contribution in [0.15, 0.2) is 33.9 Å². The number of amides is 2. The maximum absolute atomic E-state index is 12.1. The molecule has 0 aliphatic heterocycles. The van der Waals surface area contributed by atoms with Crippen LogP contribution in [0.25, 0.3) is 10.9 Å². The number of carbonyl (C=O) groups is 1. The molecule has 0 spiro atoms. The van der Waals surface area contributed by atoms with Crippen molar-refractivity contribution in [2.24, 2.45) is 0 Å². The van der Waals surface area contributed by atoms with E-state index in [0.29, 0.717) is 17.4 Å². The van der Waals surface area contributed by atoms with Gasteiger partial charge in [-0.25, -0.2) is 14.2 Å². The lowest BCUT2D eigenvalue weighted by atomic mass is 10.2. The highest BCUT2D eigenvalue weighted by Gasteiger charge is 2.07. The van der Waals surface area contributed by atoms with Crippen molar-refractivity contribution in [3.05, 3.63) is 45.1 Å². The molecule has 2 rings (SSSR count). The number of H-pyrrole nitrogens is 1. The van der Waals surface area contributed by atoms with E-state index < -0.39 is 17.3 Å². The molecule has 7 nitrogen and oxygen atoms in total. The average Bonchev–Trinajstić information content (AvgIpc) is 2.45. The minimum atomic E-state index is -0.551. The normalized spacial score (nSPS) is 10.4. The zero-order chi connectivity index (χ0) is 14.5. The van der Waals surface area contributed by atoms with Crippen molar-refractivity contribution >= 4 is 16.9 Å².